The maximum atomic E-state index is 12.7. The van der Waals surface area contributed by atoms with Crippen LogP contribution in [0.4, 0.5) is 4.39 Å². The molecule has 19 heavy (non-hydrogen) atoms. The minimum atomic E-state index is -0.199. The van der Waals surface area contributed by atoms with Crippen LogP contribution in [0.15, 0.2) is 30.3 Å². The van der Waals surface area contributed by atoms with Crippen molar-refractivity contribution < 1.29 is 9.13 Å². The van der Waals surface area contributed by atoms with Gasteiger partial charge in [0.1, 0.15) is 5.82 Å². The molecule has 0 bridgehead atoms. The van der Waals surface area contributed by atoms with E-state index in [4.69, 9.17) is 4.74 Å². The van der Waals surface area contributed by atoms with E-state index < -0.39 is 0 Å². The van der Waals surface area contributed by atoms with Crippen molar-refractivity contribution in [1.82, 2.24) is 4.90 Å². The highest BCUT2D eigenvalue weighted by Crippen LogP contribution is 2.13. The molecule has 0 aliphatic carbocycles. The Kier molecular flexibility index (Phi) is 5.55. The third-order valence-electron chi connectivity index (χ3n) is 3.38. The van der Waals surface area contributed by atoms with Gasteiger partial charge in [0.05, 0.1) is 12.7 Å². The Morgan fingerprint density at radius 2 is 2.16 bits per heavy atom. The van der Waals surface area contributed by atoms with Crippen molar-refractivity contribution in [1.29, 1.82) is 0 Å². The summed E-state index contributed by atoms with van der Waals surface area (Å²) in [6, 6.07) is 6.48. The van der Waals surface area contributed by atoms with Gasteiger partial charge in [-0.05, 0) is 37.1 Å². The lowest BCUT2D eigenvalue weighted by Crippen LogP contribution is -2.24. The molecule has 2 rings (SSSR count). The standard InChI is InChI=1S/C16H22FNO/c1-2-10-18-11-9-16(13-18)19-12-3-4-14-5-7-15(17)8-6-14/h3-8,16H,2,9-13H2,1H3. The fourth-order valence-electron chi connectivity index (χ4n) is 2.40. The zero-order chi connectivity index (χ0) is 13.5. The smallest absolute Gasteiger partial charge is 0.123 e. The summed E-state index contributed by atoms with van der Waals surface area (Å²) in [6.07, 6.45) is 6.67. The Hall–Kier alpha value is -1.19. The average molecular weight is 263 g/mol. The predicted molar refractivity (Wildman–Crippen MR) is 76.5 cm³/mol. The summed E-state index contributed by atoms with van der Waals surface area (Å²) in [5.74, 6) is -0.199. The second-order valence-corrected chi connectivity index (χ2v) is 5.00. The summed E-state index contributed by atoms with van der Waals surface area (Å²) in [7, 11) is 0. The van der Waals surface area contributed by atoms with Crippen LogP contribution >= 0.6 is 0 Å². The van der Waals surface area contributed by atoms with Crippen LogP contribution in [0.2, 0.25) is 0 Å². The van der Waals surface area contributed by atoms with Crippen LogP contribution in [0.25, 0.3) is 6.08 Å². The zero-order valence-corrected chi connectivity index (χ0v) is 11.5. The molecule has 1 fully saturated rings. The minimum Gasteiger partial charge on any atom is -0.373 e. The van der Waals surface area contributed by atoms with Crippen LogP contribution in [0.1, 0.15) is 25.3 Å². The molecule has 0 saturated carbocycles. The van der Waals surface area contributed by atoms with E-state index in [0.717, 1.165) is 25.1 Å². The highest BCUT2D eigenvalue weighted by atomic mass is 19.1. The zero-order valence-electron chi connectivity index (χ0n) is 11.5. The molecule has 1 aliphatic heterocycles. The molecule has 1 aromatic carbocycles. The van der Waals surface area contributed by atoms with Gasteiger partial charge in [0.2, 0.25) is 0 Å². The van der Waals surface area contributed by atoms with Crippen LogP contribution in [0.3, 0.4) is 0 Å². The predicted octanol–water partition coefficient (Wildman–Crippen LogP) is 3.34. The van der Waals surface area contributed by atoms with Gasteiger partial charge in [0.25, 0.3) is 0 Å². The van der Waals surface area contributed by atoms with Gasteiger partial charge in [-0.3, -0.25) is 0 Å². The molecule has 1 heterocycles. The first-order valence-corrected chi connectivity index (χ1v) is 7.04. The Bertz CT molecular complexity index is 402. The molecule has 1 aliphatic rings. The van der Waals surface area contributed by atoms with Gasteiger partial charge in [-0.2, -0.15) is 0 Å². The number of halogens is 1. The highest BCUT2D eigenvalue weighted by Gasteiger charge is 2.21. The van der Waals surface area contributed by atoms with E-state index in [1.807, 2.05) is 12.2 Å². The third-order valence-corrected chi connectivity index (χ3v) is 3.38. The van der Waals surface area contributed by atoms with Crippen LogP contribution < -0.4 is 0 Å². The fourth-order valence-corrected chi connectivity index (χ4v) is 2.40. The summed E-state index contributed by atoms with van der Waals surface area (Å²) >= 11 is 0. The normalized spacial score (nSPS) is 20.4. The van der Waals surface area contributed by atoms with Crippen LogP contribution in [0, 0.1) is 5.82 Å². The molecular weight excluding hydrogens is 241 g/mol. The quantitative estimate of drug-likeness (QED) is 0.780. The Labute approximate surface area is 114 Å². The van der Waals surface area contributed by atoms with Gasteiger partial charge >= 0.3 is 0 Å². The molecule has 0 spiro atoms. The van der Waals surface area contributed by atoms with E-state index in [1.54, 1.807) is 12.1 Å². The molecule has 0 radical (unpaired) electrons. The number of likely N-dealkylation sites (tertiary alicyclic amines) is 1. The molecule has 2 nitrogen and oxygen atoms in total. The number of hydrogen-bond donors (Lipinski definition) is 0. The van der Waals surface area contributed by atoms with Gasteiger partial charge in [0.15, 0.2) is 0 Å². The van der Waals surface area contributed by atoms with Crippen LogP contribution in [0.5, 0.6) is 0 Å². The van der Waals surface area contributed by atoms with Crippen molar-refractivity contribution in [2.75, 3.05) is 26.2 Å². The Morgan fingerprint density at radius 1 is 1.37 bits per heavy atom. The minimum absolute atomic E-state index is 0.199. The van der Waals surface area contributed by atoms with E-state index in [9.17, 15) is 4.39 Å². The maximum absolute atomic E-state index is 12.7. The third kappa shape index (κ3) is 4.77. The van der Waals surface area contributed by atoms with E-state index in [-0.39, 0.29) is 5.82 Å². The Morgan fingerprint density at radius 3 is 2.89 bits per heavy atom. The summed E-state index contributed by atoms with van der Waals surface area (Å²) in [5.41, 5.74) is 1.00. The number of benzene rings is 1. The van der Waals surface area contributed by atoms with Crippen molar-refractivity contribution in [2.45, 2.75) is 25.9 Å². The van der Waals surface area contributed by atoms with E-state index in [0.29, 0.717) is 12.7 Å². The first kappa shape index (κ1) is 14.2. The fraction of sp³-hybridized carbons (Fsp3) is 0.500. The van der Waals surface area contributed by atoms with Gasteiger partial charge < -0.3 is 9.64 Å². The van der Waals surface area contributed by atoms with Crippen LogP contribution in [-0.2, 0) is 4.74 Å². The monoisotopic (exact) mass is 263 g/mol. The van der Waals surface area contributed by atoms with Crippen molar-refractivity contribution in [2.24, 2.45) is 0 Å². The molecule has 0 aromatic heterocycles. The first-order valence-electron chi connectivity index (χ1n) is 7.04. The second-order valence-electron chi connectivity index (χ2n) is 5.00. The van der Waals surface area contributed by atoms with Crippen molar-refractivity contribution in [3.05, 3.63) is 41.7 Å². The van der Waals surface area contributed by atoms with Gasteiger partial charge in [-0.25, -0.2) is 4.39 Å². The molecule has 0 amide bonds. The summed E-state index contributed by atoms with van der Waals surface area (Å²) < 4.78 is 18.5. The van der Waals surface area contributed by atoms with Crippen LogP contribution in [-0.4, -0.2) is 37.2 Å². The average Bonchev–Trinajstić information content (AvgIpc) is 2.85. The molecular formula is C16H22FNO. The molecule has 1 aromatic rings. The molecule has 3 heteroatoms. The molecule has 1 atom stereocenters. The molecule has 1 unspecified atom stereocenters. The first-order chi connectivity index (χ1) is 9.28. The second kappa shape index (κ2) is 7.41. The van der Waals surface area contributed by atoms with E-state index >= 15 is 0 Å². The van der Waals surface area contributed by atoms with Crippen molar-refractivity contribution >= 4 is 6.08 Å². The molecule has 1 saturated heterocycles. The molecule has 104 valence electrons. The molecule has 0 N–H and O–H groups in total. The highest BCUT2D eigenvalue weighted by molar-refractivity contribution is 5.48. The topological polar surface area (TPSA) is 12.5 Å². The number of nitrogens with zero attached hydrogens (tertiary/aromatic N) is 1. The summed E-state index contributed by atoms with van der Waals surface area (Å²) in [6.45, 7) is 6.21. The number of ether oxygens (including phenoxy) is 1. The van der Waals surface area contributed by atoms with Gasteiger partial charge in [-0.15, -0.1) is 0 Å². The lowest BCUT2D eigenvalue weighted by Gasteiger charge is -2.14. The van der Waals surface area contributed by atoms with Gasteiger partial charge in [0, 0.05) is 13.1 Å². The summed E-state index contributed by atoms with van der Waals surface area (Å²) in [4.78, 5) is 2.45. The maximum Gasteiger partial charge on any atom is 0.123 e. The van der Waals surface area contributed by atoms with Crippen molar-refractivity contribution in [3.63, 3.8) is 0 Å². The van der Waals surface area contributed by atoms with Gasteiger partial charge in [-0.1, -0.05) is 31.2 Å². The lowest BCUT2D eigenvalue weighted by atomic mass is 10.2. The van der Waals surface area contributed by atoms with Crippen molar-refractivity contribution in [3.8, 4) is 0 Å². The van der Waals surface area contributed by atoms with E-state index in [2.05, 4.69) is 11.8 Å². The number of rotatable bonds is 6. The van der Waals surface area contributed by atoms with E-state index in [1.165, 1.54) is 25.1 Å². The SMILES string of the molecule is CCCN1CCC(OCC=Cc2ccc(F)cc2)C1. The summed E-state index contributed by atoms with van der Waals surface area (Å²) in [5, 5.41) is 0. The largest absolute Gasteiger partial charge is 0.373 e. The lowest BCUT2D eigenvalue weighted by molar-refractivity contribution is 0.0804. The number of hydrogen-bond acceptors (Lipinski definition) is 2. The Balaban J connectivity index is 1.68.